The first-order valence-corrected chi connectivity index (χ1v) is 11.0. The van der Waals surface area contributed by atoms with Crippen LogP contribution in [-0.4, -0.2) is 18.5 Å². The van der Waals surface area contributed by atoms with E-state index in [0.717, 1.165) is 24.8 Å². The van der Waals surface area contributed by atoms with Crippen molar-refractivity contribution in [1.82, 2.24) is 5.32 Å². The molecule has 1 atom stereocenters. The fourth-order valence-corrected chi connectivity index (χ4v) is 4.92. The SMILES string of the molecule is CCOC(=O)C1=C(NC(=O)c2ccccc2)c2ccccc2CC1C1CCCCC1. The molecule has 2 aliphatic carbocycles. The molecule has 0 radical (unpaired) electrons. The van der Waals surface area contributed by atoms with Gasteiger partial charge >= 0.3 is 5.97 Å². The number of nitrogens with one attached hydrogen (secondary N) is 1. The molecule has 0 spiro atoms. The molecule has 4 nitrogen and oxygen atoms in total. The van der Waals surface area contributed by atoms with Crippen LogP contribution >= 0.6 is 0 Å². The molecule has 4 heteroatoms. The van der Waals surface area contributed by atoms with E-state index in [-0.39, 0.29) is 17.8 Å². The molecule has 2 aromatic carbocycles. The molecule has 0 bridgehead atoms. The number of hydrogen-bond donors (Lipinski definition) is 1. The van der Waals surface area contributed by atoms with Crippen LogP contribution in [0.15, 0.2) is 60.2 Å². The number of esters is 1. The molecule has 1 unspecified atom stereocenters. The van der Waals surface area contributed by atoms with E-state index < -0.39 is 0 Å². The number of benzene rings is 2. The second-order valence-electron chi connectivity index (χ2n) is 8.20. The van der Waals surface area contributed by atoms with Crippen molar-refractivity contribution >= 4 is 17.6 Å². The second kappa shape index (κ2) is 9.29. The molecule has 1 N–H and O–H groups in total. The van der Waals surface area contributed by atoms with Crippen molar-refractivity contribution in [2.45, 2.75) is 45.4 Å². The Balaban J connectivity index is 1.80. The van der Waals surface area contributed by atoms with E-state index in [4.69, 9.17) is 4.74 Å². The van der Waals surface area contributed by atoms with Gasteiger partial charge in [-0.2, -0.15) is 0 Å². The fourth-order valence-electron chi connectivity index (χ4n) is 4.92. The van der Waals surface area contributed by atoms with Gasteiger partial charge in [0.1, 0.15) is 0 Å². The van der Waals surface area contributed by atoms with Crippen molar-refractivity contribution in [2.24, 2.45) is 11.8 Å². The molecule has 0 aliphatic heterocycles. The third kappa shape index (κ3) is 4.18. The molecule has 2 aromatic rings. The minimum Gasteiger partial charge on any atom is -0.463 e. The summed E-state index contributed by atoms with van der Waals surface area (Å²) in [5.41, 5.74) is 3.96. The maximum atomic E-state index is 13.2. The molecule has 0 heterocycles. The van der Waals surface area contributed by atoms with Crippen molar-refractivity contribution in [3.63, 3.8) is 0 Å². The topological polar surface area (TPSA) is 55.4 Å². The zero-order chi connectivity index (χ0) is 20.9. The Kier molecular flexibility index (Phi) is 6.32. The quantitative estimate of drug-likeness (QED) is 0.703. The van der Waals surface area contributed by atoms with Crippen LogP contribution in [0.25, 0.3) is 5.70 Å². The average molecular weight is 404 g/mol. The number of fused-ring (bicyclic) bond motifs is 1. The van der Waals surface area contributed by atoms with Crippen LogP contribution in [0.1, 0.15) is 60.5 Å². The largest absolute Gasteiger partial charge is 0.463 e. The summed E-state index contributed by atoms with van der Waals surface area (Å²) in [5.74, 6) is 0.0119. The van der Waals surface area contributed by atoms with E-state index in [1.807, 2.05) is 43.3 Å². The van der Waals surface area contributed by atoms with Crippen molar-refractivity contribution in [1.29, 1.82) is 0 Å². The van der Waals surface area contributed by atoms with Gasteiger partial charge in [-0.1, -0.05) is 61.7 Å². The van der Waals surface area contributed by atoms with Gasteiger partial charge < -0.3 is 10.1 Å². The number of carbonyl (C=O) groups excluding carboxylic acids is 2. The number of carbonyl (C=O) groups is 2. The summed E-state index contributed by atoms with van der Waals surface area (Å²) in [7, 11) is 0. The molecule has 1 amide bonds. The first kappa shape index (κ1) is 20.4. The average Bonchev–Trinajstić information content (AvgIpc) is 2.80. The van der Waals surface area contributed by atoms with E-state index in [1.54, 1.807) is 12.1 Å². The standard InChI is InChI=1S/C26H29NO3/c1-2-30-26(29)23-22(18-11-5-3-6-12-18)17-20-15-9-10-16-21(20)24(23)27-25(28)19-13-7-4-8-14-19/h4,7-10,13-16,18,22H,2-3,5-6,11-12,17H2,1H3,(H,27,28). The lowest BCUT2D eigenvalue weighted by Crippen LogP contribution is -2.35. The minimum absolute atomic E-state index is 0.0744. The lowest BCUT2D eigenvalue weighted by atomic mass is 9.70. The van der Waals surface area contributed by atoms with Crippen molar-refractivity contribution in [3.05, 3.63) is 76.9 Å². The molecular weight excluding hydrogens is 374 g/mol. The first-order chi connectivity index (χ1) is 14.7. The third-order valence-corrected chi connectivity index (χ3v) is 6.36. The highest BCUT2D eigenvalue weighted by atomic mass is 16.5. The van der Waals surface area contributed by atoms with Crippen LogP contribution < -0.4 is 5.32 Å². The fraction of sp³-hybridized carbons (Fsp3) is 0.385. The Morgan fingerprint density at radius 2 is 1.67 bits per heavy atom. The van der Waals surface area contributed by atoms with E-state index >= 15 is 0 Å². The van der Waals surface area contributed by atoms with E-state index in [1.165, 1.54) is 24.8 Å². The van der Waals surface area contributed by atoms with Gasteiger partial charge in [0.25, 0.3) is 5.91 Å². The summed E-state index contributed by atoms with van der Waals surface area (Å²) in [4.78, 5) is 26.2. The minimum atomic E-state index is -0.300. The number of ether oxygens (including phenoxy) is 1. The maximum absolute atomic E-state index is 13.2. The molecule has 0 aromatic heterocycles. The second-order valence-corrected chi connectivity index (χ2v) is 8.20. The lowest BCUT2D eigenvalue weighted by molar-refractivity contribution is -0.139. The molecular formula is C26H29NO3. The van der Waals surface area contributed by atoms with Crippen molar-refractivity contribution in [2.75, 3.05) is 6.61 Å². The number of rotatable bonds is 5. The summed E-state index contributed by atoms with van der Waals surface area (Å²) < 4.78 is 5.49. The predicted octanol–water partition coefficient (Wildman–Crippen LogP) is 5.14. The monoisotopic (exact) mass is 403 g/mol. The Labute approximate surface area is 178 Å². The molecule has 2 aliphatic rings. The van der Waals surface area contributed by atoms with Gasteiger partial charge in [0.2, 0.25) is 0 Å². The summed E-state index contributed by atoms with van der Waals surface area (Å²) >= 11 is 0. The summed E-state index contributed by atoms with van der Waals surface area (Å²) in [5, 5.41) is 3.09. The first-order valence-electron chi connectivity index (χ1n) is 11.0. The van der Waals surface area contributed by atoms with Gasteiger partial charge in [-0.15, -0.1) is 0 Å². The zero-order valence-electron chi connectivity index (χ0n) is 17.5. The summed E-state index contributed by atoms with van der Waals surface area (Å²) in [6, 6.07) is 17.2. The Hall–Kier alpha value is -2.88. The van der Waals surface area contributed by atoms with Crippen LogP contribution in [0.2, 0.25) is 0 Å². The number of amides is 1. The van der Waals surface area contributed by atoms with Crippen molar-refractivity contribution in [3.8, 4) is 0 Å². The lowest BCUT2D eigenvalue weighted by Gasteiger charge is -2.36. The van der Waals surface area contributed by atoms with E-state index in [9.17, 15) is 9.59 Å². The van der Waals surface area contributed by atoms with Crippen LogP contribution in [0, 0.1) is 11.8 Å². The molecule has 1 fully saturated rings. The van der Waals surface area contributed by atoms with Crippen LogP contribution in [-0.2, 0) is 16.0 Å². The Morgan fingerprint density at radius 3 is 2.40 bits per heavy atom. The van der Waals surface area contributed by atoms with E-state index in [2.05, 4.69) is 11.4 Å². The molecule has 156 valence electrons. The van der Waals surface area contributed by atoms with Gasteiger partial charge in [-0.25, -0.2) is 4.79 Å². The summed E-state index contributed by atoms with van der Waals surface area (Å²) in [6.07, 6.45) is 6.72. The highest BCUT2D eigenvalue weighted by Gasteiger charge is 2.38. The summed E-state index contributed by atoms with van der Waals surface area (Å²) in [6.45, 7) is 2.15. The molecule has 30 heavy (non-hydrogen) atoms. The smallest absolute Gasteiger partial charge is 0.336 e. The van der Waals surface area contributed by atoms with Gasteiger partial charge in [-0.05, 0) is 49.8 Å². The van der Waals surface area contributed by atoms with E-state index in [0.29, 0.717) is 29.4 Å². The molecule has 4 rings (SSSR count). The highest BCUT2D eigenvalue weighted by Crippen LogP contribution is 2.42. The predicted molar refractivity (Wildman–Crippen MR) is 118 cm³/mol. The number of hydrogen-bond acceptors (Lipinski definition) is 3. The Bertz CT molecular complexity index is 942. The molecule has 0 saturated heterocycles. The highest BCUT2D eigenvalue weighted by molar-refractivity contribution is 6.06. The third-order valence-electron chi connectivity index (χ3n) is 6.36. The maximum Gasteiger partial charge on any atom is 0.336 e. The zero-order valence-corrected chi connectivity index (χ0v) is 17.5. The van der Waals surface area contributed by atoms with Gasteiger partial charge in [0.05, 0.1) is 17.9 Å². The van der Waals surface area contributed by atoms with Gasteiger partial charge in [0, 0.05) is 17.0 Å². The Morgan fingerprint density at radius 1 is 0.967 bits per heavy atom. The van der Waals surface area contributed by atoms with Crippen LogP contribution in [0.5, 0.6) is 0 Å². The molecule has 1 saturated carbocycles. The van der Waals surface area contributed by atoms with Crippen LogP contribution in [0.3, 0.4) is 0 Å². The van der Waals surface area contributed by atoms with Crippen molar-refractivity contribution < 1.29 is 14.3 Å². The van der Waals surface area contributed by atoms with Gasteiger partial charge in [0.15, 0.2) is 0 Å². The normalized spacial score (nSPS) is 19.2. The van der Waals surface area contributed by atoms with Gasteiger partial charge in [-0.3, -0.25) is 4.79 Å². The van der Waals surface area contributed by atoms with Crippen LogP contribution in [0.4, 0.5) is 0 Å².